The first-order valence-electron chi connectivity index (χ1n) is 6.16. The fraction of sp³-hybridized carbons (Fsp3) is 0.818. The van der Waals surface area contributed by atoms with Crippen molar-refractivity contribution >= 4 is 12.0 Å². The molecule has 0 spiro atoms. The Morgan fingerprint density at radius 3 is 2.53 bits per heavy atom. The summed E-state index contributed by atoms with van der Waals surface area (Å²) in [5, 5.41) is 15.0. The van der Waals surface area contributed by atoms with Gasteiger partial charge < -0.3 is 20.6 Å². The molecule has 1 heterocycles. The number of carboxylic acids is 1. The Morgan fingerprint density at radius 2 is 1.94 bits per heavy atom. The van der Waals surface area contributed by atoms with Crippen molar-refractivity contribution in [2.75, 3.05) is 26.2 Å². The molecule has 2 rings (SSSR count). The summed E-state index contributed by atoms with van der Waals surface area (Å²) in [5.41, 5.74) is 0. The number of rotatable bonds is 2. The van der Waals surface area contributed by atoms with E-state index in [4.69, 9.17) is 5.11 Å². The van der Waals surface area contributed by atoms with E-state index >= 15 is 0 Å². The van der Waals surface area contributed by atoms with E-state index in [0.29, 0.717) is 12.8 Å². The van der Waals surface area contributed by atoms with Gasteiger partial charge in [-0.15, -0.1) is 0 Å². The number of nitrogens with zero attached hydrogens (tertiary/aromatic N) is 1. The van der Waals surface area contributed by atoms with Crippen molar-refractivity contribution in [2.45, 2.75) is 25.3 Å². The summed E-state index contributed by atoms with van der Waals surface area (Å²) in [7, 11) is 0. The van der Waals surface area contributed by atoms with Crippen LogP contribution in [0.3, 0.4) is 0 Å². The molecule has 17 heavy (non-hydrogen) atoms. The number of hydrogen-bond acceptors (Lipinski definition) is 3. The van der Waals surface area contributed by atoms with Gasteiger partial charge in [-0.25, -0.2) is 4.79 Å². The van der Waals surface area contributed by atoms with Gasteiger partial charge in [0.15, 0.2) is 0 Å². The third-order valence-electron chi connectivity index (χ3n) is 3.51. The molecule has 2 amide bonds. The molecule has 1 aliphatic heterocycles. The molecule has 0 aromatic carbocycles. The van der Waals surface area contributed by atoms with Crippen LogP contribution in [0.15, 0.2) is 0 Å². The van der Waals surface area contributed by atoms with Crippen molar-refractivity contribution in [3.8, 4) is 0 Å². The first-order chi connectivity index (χ1) is 8.16. The Morgan fingerprint density at radius 1 is 1.24 bits per heavy atom. The Labute approximate surface area is 100 Å². The summed E-state index contributed by atoms with van der Waals surface area (Å²) in [4.78, 5) is 24.5. The molecule has 0 radical (unpaired) electrons. The summed E-state index contributed by atoms with van der Waals surface area (Å²) in [6, 6.07) is -0.0268. The van der Waals surface area contributed by atoms with Crippen molar-refractivity contribution in [3.63, 3.8) is 0 Å². The average Bonchev–Trinajstić information content (AvgIpc) is 2.79. The number of aliphatic carboxylic acids is 1. The van der Waals surface area contributed by atoms with Crippen LogP contribution in [0.5, 0.6) is 0 Å². The lowest BCUT2D eigenvalue weighted by molar-refractivity contribution is -0.141. The number of hydrogen-bond donors (Lipinski definition) is 3. The van der Waals surface area contributed by atoms with Gasteiger partial charge in [0.1, 0.15) is 0 Å². The van der Waals surface area contributed by atoms with E-state index in [9.17, 15) is 9.59 Å². The molecule has 2 aliphatic rings. The molecule has 6 nitrogen and oxygen atoms in total. The van der Waals surface area contributed by atoms with Gasteiger partial charge in [0.25, 0.3) is 0 Å². The number of nitrogens with one attached hydrogen (secondary N) is 2. The highest BCUT2D eigenvalue weighted by Crippen LogP contribution is 2.25. The Bertz CT molecular complexity index is 302. The average molecular weight is 241 g/mol. The van der Waals surface area contributed by atoms with Crippen LogP contribution in [0, 0.1) is 5.92 Å². The minimum atomic E-state index is -0.746. The van der Waals surface area contributed by atoms with Crippen molar-refractivity contribution < 1.29 is 14.7 Å². The second-order valence-electron chi connectivity index (χ2n) is 4.73. The number of carboxylic acid groups (broad SMARTS) is 1. The zero-order chi connectivity index (χ0) is 12.3. The maximum atomic E-state index is 11.9. The Hall–Kier alpha value is -1.30. The summed E-state index contributed by atoms with van der Waals surface area (Å²) < 4.78 is 0. The first-order valence-corrected chi connectivity index (χ1v) is 6.16. The zero-order valence-corrected chi connectivity index (χ0v) is 9.82. The normalized spacial score (nSPS) is 29.1. The van der Waals surface area contributed by atoms with Gasteiger partial charge in [-0.3, -0.25) is 4.79 Å². The summed E-state index contributed by atoms with van der Waals surface area (Å²) >= 11 is 0. The lowest BCUT2D eigenvalue weighted by Gasteiger charge is -2.28. The molecule has 1 aliphatic carbocycles. The molecular weight excluding hydrogens is 222 g/mol. The van der Waals surface area contributed by atoms with Gasteiger partial charge in [0, 0.05) is 32.2 Å². The van der Waals surface area contributed by atoms with Crippen LogP contribution in [0.2, 0.25) is 0 Å². The van der Waals surface area contributed by atoms with Gasteiger partial charge >= 0.3 is 12.0 Å². The van der Waals surface area contributed by atoms with Gasteiger partial charge in [0.2, 0.25) is 0 Å². The minimum Gasteiger partial charge on any atom is -0.481 e. The second-order valence-corrected chi connectivity index (χ2v) is 4.73. The number of urea groups is 1. The molecular formula is C11H19N3O3. The van der Waals surface area contributed by atoms with E-state index in [0.717, 1.165) is 32.6 Å². The zero-order valence-electron chi connectivity index (χ0n) is 9.82. The van der Waals surface area contributed by atoms with E-state index in [1.165, 1.54) is 0 Å². The maximum absolute atomic E-state index is 11.9. The van der Waals surface area contributed by atoms with E-state index in [2.05, 4.69) is 10.6 Å². The first kappa shape index (κ1) is 12.2. The van der Waals surface area contributed by atoms with Crippen LogP contribution in [0.1, 0.15) is 19.3 Å². The third-order valence-corrected chi connectivity index (χ3v) is 3.51. The second kappa shape index (κ2) is 5.35. The molecule has 0 aromatic heterocycles. The van der Waals surface area contributed by atoms with Gasteiger partial charge in [-0.05, 0) is 19.3 Å². The molecule has 6 heteroatoms. The van der Waals surface area contributed by atoms with Crippen LogP contribution in [0.4, 0.5) is 4.79 Å². The van der Waals surface area contributed by atoms with Crippen LogP contribution in [-0.2, 0) is 4.79 Å². The number of carbonyl (C=O) groups is 2. The van der Waals surface area contributed by atoms with E-state index < -0.39 is 5.97 Å². The summed E-state index contributed by atoms with van der Waals surface area (Å²) in [6.07, 6.45) is 2.00. The lowest BCUT2D eigenvalue weighted by atomic mass is 10.1. The highest BCUT2D eigenvalue weighted by atomic mass is 16.4. The molecule has 0 aromatic rings. The van der Waals surface area contributed by atoms with Crippen molar-refractivity contribution in [2.24, 2.45) is 5.92 Å². The SMILES string of the molecule is O=C(O)[C@@H]1CC[C@H](NC(=O)N2CCNCC2)C1. The smallest absolute Gasteiger partial charge is 0.317 e. The largest absolute Gasteiger partial charge is 0.481 e. The topological polar surface area (TPSA) is 81.7 Å². The van der Waals surface area contributed by atoms with Crippen LogP contribution in [0.25, 0.3) is 0 Å². The van der Waals surface area contributed by atoms with Gasteiger partial charge in [-0.1, -0.05) is 0 Å². The highest BCUT2D eigenvalue weighted by Gasteiger charge is 2.31. The fourth-order valence-electron chi connectivity index (χ4n) is 2.47. The van der Waals surface area contributed by atoms with Crippen molar-refractivity contribution in [1.82, 2.24) is 15.5 Å². The highest BCUT2D eigenvalue weighted by molar-refractivity contribution is 5.75. The van der Waals surface area contributed by atoms with Gasteiger partial charge in [0.05, 0.1) is 5.92 Å². The van der Waals surface area contributed by atoms with Gasteiger partial charge in [-0.2, -0.15) is 0 Å². The molecule has 1 saturated heterocycles. The third kappa shape index (κ3) is 3.09. The Balaban J connectivity index is 1.77. The van der Waals surface area contributed by atoms with Crippen LogP contribution in [-0.4, -0.2) is 54.2 Å². The molecule has 1 saturated carbocycles. The summed E-state index contributed by atoms with van der Waals surface area (Å²) in [6.45, 7) is 3.10. The predicted molar refractivity (Wildman–Crippen MR) is 61.7 cm³/mol. The minimum absolute atomic E-state index is 0.0264. The quantitative estimate of drug-likeness (QED) is 0.628. The van der Waals surface area contributed by atoms with Crippen molar-refractivity contribution in [3.05, 3.63) is 0 Å². The summed E-state index contributed by atoms with van der Waals surface area (Å²) in [5.74, 6) is -1.03. The van der Waals surface area contributed by atoms with Crippen LogP contribution < -0.4 is 10.6 Å². The standard InChI is InChI=1S/C11H19N3O3/c15-10(16)8-1-2-9(7-8)13-11(17)14-5-3-12-4-6-14/h8-9,12H,1-7H2,(H,13,17)(H,15,16)/t8-,9+/m1/s1. The number of carbonyl (C=O) groups excluding carboxylic acids is 1. The maximum Gasteiger partial charge on any atom is 0.317 e. The van der Waals surface area contributed by atoms with Crippen molar-refractivity contribution in [1.29, 1.82) is 0 Å². The van der Waals surface area contributed by atoms with E-state index in [1.807, 2.05) is 0 Å². The monoisotopic (exact) mass is 241 g/mol. The molecule has 2 atom stereocenters. The fourth-order valence-corrected chi connectivity index (χ4v) is 2.47. The lowest BCUT2D eigenvalue weighted by Crippen LogP contribution is -2.51. The molecule has 96 valence electrons. The molecule has 3 N–H and O–H groups in total. The molecule has 0 unspecified atom stereocenters. The molecule has 0 bridgehead atoms. The van der Waals surface area contributed by atoms with E-state index in [1.54, 1.807) is 4.90 Å². The Kier molecular flexibility index (Phi) is 3.83. The van der Waals surface area contributed by atoms with E-state index in [-0.39, 0.29) is 18.0 Å². The number of piperazine rings is 1. The number of amides is 2. The predicted octanol–water partition coefficient (Wildman–Crippen LogP) is -0.145. The molecule has 2 fully saturated rings. The van der Waals surface area contributed by atoms with Crippen LogP contribution >= 0.6 is 0 Å².